The summed E-state index contributed by atoms with van der Waals surface area (Å²) in [4.78, 5) is 30.0. The van der Waals surface area contributed by atoms with Crippen LogP contribution < -0.4 is 11.1 Å². The summed E-state index contributed by atoms with van der Waals surface area (Å²) in [6.45, 7) is 3.99. The minimum atomic E-state index is -0.677. The summed E-state index contributed by atoms with van der Waals surface area (Å²) >= 11 is 0. The third-order valence-corrected chi connectivity index (χ3v) is 8.06. The third kappa shape index (κ3) is 6.89. The van der Waals surface area contributed by atoms with Crippen molar-refractivity contribution in [3.8, 4) is 22.5 Å². The minimum absolute atomic E-state index is 0.0248. The Kier molecular flexibility index (Phi) is 9.86. The quantitative estimate of drug-likeness (QED) is 0.224. The van der Waals surface area contributed by atoms with Gasteiger partial charge in [-0.3, -0.25) is 19.2 Å². The van der Waals surface area contributed by atoms with Gasteiger partial charge in [0.1, 0.15) is 11.6 Å². The van der Waals surface area contributed by atoms with Crippen molar-refractivity contribution in [1.29, 1.82) is 5.41 Å². The second-order valence-electron chi connectivity index (χ2n) is 11.3. The number of carbonyl (C=O) groups excluding carboxylic acids is 1. The van der Waals surface area contributed by atoms with E-state index in [4.69, 9.17) is 10.1 Å². The molecule has 1 unspecified atom stereocenters. The molecule has 1 aliphatic carbocycles. The fourth-order valence-corrected chi connectivity index (χ4v) is 5.96. The molecule has 1 aliphatic heterocycles. The van der Waals surface area contributed by atoms with E-state index in [0.29, 0.717) is 52.9 Å². The third-order valence-electron chi connectivity index (χ3n) is 8.06. The summed E-state index contributed by atoms with van der Waals surface area (Å²) in [6.07, 6.45) is 6.66. The van der Waals surface area contributed by atoms with Crippen LogP contribution in [-0.4, -0.2) is 57.1 Å². The maximum absolute atomic E-state index is 15.8. The van der Waals surface area contributed by atoms with Gasteiger partial charge in [0.2, 0.25) is 0 Å². The Morgan fingerprint density at radius 1 is 1.18 bits per heavy atom. The van der Waals surface area contributed by atoms with Crippen LogP contribution in [0.15, 0.2) is 74.9 Å². The summed E-state index contributed by atoms with van der Waals surface area (Å²) in [6, 6.07) is 12.0. The molecule has 1 fully saturated rings. The van der Waals surface area contributed by atoms with Crippen LogP contribution in [-0.2, 0) is 16.0 Å². The van der Waals surface area contributed by atoms with Gasteiger partial charge >= 0.3 is 5.76 Å². The molecule has 11 heteroatoms. The number of amides is 1. The van der Waals surface area contributed by atoms with Gasteiger partial charge in [0.15, 0.2) is 5.82 Å². The summed E-state index contributed by atoms with van der Waals surface area (Å²) in [5.41, 5.74) is 3.48. The van der Waals surface area contributed by atoms with E-state index in [9.17, 15) is 14.7 Å². The van der Waals surface area contributed by atoms with E-state index in [1.165, 1.54) is 12.3 Å². The molecule has 10 nitrogen and oxygen atoms in total. The van der Waals surface area contributed by atoms with Crippen LogP contribution in [0.2, 0.25) is 0 Å². The van der Waals surface area contributed by atoms with E-state index in [1.807, 2.05) is 19.1 Å². The highest BCUT2D eigenvalue weighted by atomic mass is 19.1. The zero-order valence-electron chi connectivity index (χ0n) is 24.9. The van der Waals surface area contributed by atoms with Crippen LogP contribution in [0.5, 0.6) is 0 Å². The van der Waals surface area contributed by atoms with Crippen molar-refractivity contribution in [2.75, 3.05) is 6.61 Å². The molecule has 232 valence electrons. The number of allylic oxidation sites excluding steroid dienone is 2. The largest absolute Gasteiger partial charge is 0.439 e. The molecule has 0 bridgehead atoms. The van der Waals surface area contributed by atoms with Crippen LogP contribution in [0.3, 0.4) is 0 Å². The molecule has 2 aliphatic rings. The van der Waals surface area contributed by atoms with E-state index in [1.54, 1.807) is 42.2 Å². The lowest BCUT2D eigenvalue weighted by molar-refractivity contribution is -0.129. The molecule has 3 aromatic rings. The minimum Gasteiger partial charge on any atom is -0.391 e. The van der Waals surface area contributed by atoms with Crippen LogP contribution in [0.1, 0.15) is 57.9 Å². The molecule has 4 N–H and O–H groups in total. The molecular formula is C33H38FN5O5. The number of aliphatic hydroxyl groups is 1. The highest BCUT2D eigenvalue weighted by molar-refractivity contribution is 5.97. The molecule has 2 heterocycles. The van der Waals surface area contributed by atoms with Gasteiger partial charge in [0, 0.05) is 35.5 Å². The number of hydrogen-bond acceptors (Lipinski definition) is 8. The van der Waals surface area contributed by atoms with E-state index in [-0.39, 0.29) is 36.9 Å². The number of aliphatic hydroxyl groups excluding tert-OH is 1. The number of aromatic amines is 1. The zero-order chi connectivity index (χ0) is 31.2. The first kappa shape index (κ1) is 31.1. The number of carbonyl (C=O) groups is 1. The van der Waals surface area contributed by atoms with Crippen molar-refractivity contribution in [3.05, 3.63) is 87.6 Å². The number of nitrogens with zero attached hydrogens (tertiary/aromatic N) is 2. The smallest absolute Gasteiger partial charge is 0.391 e. The summed E-state index contributed by atoms with van der Waals surface area (Å²) in [5, 5.41) is 24.5. The maximum atomic E-state index is 15.8. The highest BCUT2D eigenvalue weighted by Gasteiger charge is 2.37. The normalized spacial score (nSPS) is 20.6. The van der Waals surface area contributed by atoms with Crippen LogP contribution in [0.4, 0.5) is 4.39 Å². The van der Waals surface area contributed by atoms with E-state index >= 15 is 4.39 Å². The Morgan fingerprint density at radius 3 is 2.57 bits per heavy atom. The molecular weight excluding hydrogens is 565 g/mol. The zero-order valence-corrected chi connectivity index (χ0v) is 24.9. The maximum Gasteiger partial charge on any atom is 0.439 e. The predicted molar refractivity (Wildman–Crippen MR) is 164 cm³/mol. The van der Waals surface area contributed by atoms with Gasteiger partial charge in [0.05, 0.1) is 18.8 Å². The van der Waals surface area contributed by atoms with Gasteiger partial charge < -0.3 is 20.6 Å². The lowest BCUT2D eigenvalue weighted by Crippen LogP contribution is -2.50. The lowest BCUT2D eigenvalue weighted by atomic mass is 9.89. The number of aromatic nitrogens is 2. The number of halogens is 1. The molecule has 1 atom stereocenters. The number of benzene rings is 2. The average molecular weight is 604 g/mol. The van der Waals surface area contributed by atoms with Crippen LogP contribution in [0, 0.1) is 11.2 Å². The van der Waals surface area contributed by atoms with Gasteiger partial charge in [0.25, 0.3) is 5.91 Å². The standard InChI is InChI=1S/C33H38FN5O5/c1-3-6-29-27(32(41)39(30(36-29)15-16-35)23-11-13-24(14-12-23)43-19-20(2)40)17-22-10-9-21(18-28(22)34)25-7-4-5-8-26(25)31-37-33(42)44-38-31/h4-5,7-10,15-16,18,20,23-24,35-36,40H,3,6,11-14,17,19H2,1-2H3,(H,37,38,42)/b30-15+,35-16?. The number of hydrogen-bond donors (Lipinski definition) is 4. The predicted octanol–water partition coefficient (Wildman–Crippen LogP) is 5.06. The molecule has 1 amide bonds. The van der Waals surface area contributed by atoms with Crippen molar-refractivity contribution in [3.63, 3.8) is 0 Å². The summed E-state index contributed by atoms with van der Waals surface area (Å²) in [5.74, 6) is -0.504. The van der Waals surface area contributed by atoms with E-state index in [2.05, 4.69) is 20.0 Å². The Balaban J connectivity index is 1.41. The van der Waals surface area contributed by atoms with Gasteiger partial charge in [-0.25, -0.2) is 9.18 Å². The van der Waals surface area contributed by atoms with Gasteiger partial charge in [-0.15, -0.1) is 0 Å². The topological polar surface area (TPSA) is 145 Å². The van der Waals surface area contributed by atoms with Crippen molar-refractivity contribution in [2.45, 2.75) is 77.0 Å². The Bertz CT molecular complexity index is 1620. The molecule has 44 heavy (non-hydrogen) atoms. The van der Waals surface area contributed by atoms with Crippen LogP contribution in [0.25, 0.3) is 22.5 Å². The van der Waals surface area contributed by atoms with Crippen molar-refractivity contribution in [1.82, 2.24) is 20.4 Å². The average Bonchev–Trinajstić information content (AvgIpc) is 3.45. The SMILES string of the molecule is CCCC1=C(Cc2ccc(-c3ccccc3-c3noc(=O)[nH]3)cc2F)C(=O)N(C2CCC(OCC(C)O)CC2)/C(=C/C=N)N1. The lowest BCUT2D eigenvalue weighted by Gasteiger charge is -2.42. The van der Waals surface area contributed by atoms with Crippen molar-refractivity contribution < 1.29 is 23.6 Å². The van der Waals surface area contributed by atoms with E-state index in [0.717, 1.165) is 25.0 Å². The first-order valence-corrected chi connectivity index (χ1v) is 15.1. The summed E-state index contributed by atoms with van der Waals surface area (Å²) < 4.78 is 26.2. The second-order valence-corrected chi connectivity index (χ2v) is 11.3. The molecule has 2 aromatic carbocycles. The Morgan fingerprint density at radius 2 is 1.93 bits per heavy atom. The number of ether oxygens (including phenoxy) is 1. The number of rotatable bonds is 11. The molecule has 1 aromatic heterocycles. The van der Waals surface area contributed by atoms with Crippen molar-refractivity contribution >= 4 is 12.1 Å². The van der Waals surface area contributed by atoms with Crippen LogP contribution >= 0.6 is 0 Å². The van der Waals surface area contributed by atoms with E-state index < -0.39 is 17.7 Å². The molecule has 0 saturated heterocycles. The van der Waals surface area contributed by atoms with Crippen molar-refractivity contribution in [2.24, 2.45) is 0 Å². The fraction of sp³-hybridized carbons (Fsp3) is 0.394. The van der Waals surface area contributed by atoms with Gasteiger partial charge in [-0.05, 0) is 67.9 Å². The molecule has 1 saturated carbocycles. The van der Waals surface area contributed by atoms with Gasteiger partial charge in [-0.2, -0.15) is 0 Å². The number of H-pyrrole nitrogens is 1. The number of nitrogens with one attached hydrogen (secondary N) is 3. The molecule has 0 radical (unpaired) electrons. The highest BCUT2D eigenvalue weighted by Crippen LogP contribution is 2.35. The van der Waals surface area contributed by atoms with Gasteiger partial charge in [-0.1, -0.05) is 54.9 Å². The first-order chi connectivity index (χ1) is 21.3. The molecule has 5 rings (SSSR count). The Labute approximate surface area is 255 Å². The Hall–Kier alpha value is -4.35. The monoisotopic (exact) mass is 603 g/mol. The first-order valence-electron chi connectivity index (χ1n) is 15.1. The second kappa shape index (κ2) is 14.0. The fourth-order valence-electron chi connectivity index (χ4n) is 5.96. The molecule has 0 spiro atoms. The summed E-state index contributed by atoms with van der Waals surface area (Å²) in [7, 11) is 0.